The predicted molar refractivity (Wildman–Crippen MR) is 94.1 cm³/mol. The van der Waals surface area contributed by atoms with Crippen molar-refractivity contribution in [3.63, 3.8) is 0 Å². The van der Waals surface area contributed by atoms with Crippen molar-refractivity contribution in [2.75, 3.05) is 18.0 Å². The van der Waals surface area contributed by atoms with E-state index in [-0.39, 0.29) is 0 Å². The summed E-state index contributed by atoms with van der Waals surface area (Å²) in [5, 5.41) is 5.37. The maximum Gasteiger partial charge on any atom is 0.0655 e. The number of hydrogen-bond donors (Lipinski definition) is 1. The van der Waals surface area contributed by atoms with Gasteiger partial charge in [-0.2, -0.15) is 0 Å². The van der Waals surface area contributed by atoms with Crippen molar-refractivity contribution < 1.29 is 0 Å². The normalized spacial score (nSPS) is 23.2. The quantitative estimate of drug-likeness (QED) is 0.763. The van der Waals surface area contributed by atoms with Crippen LogP contribution in [-0.4, -0.2) is 25.2 Å². The third-order valence-corrected chi connectivity index (χ3v) is 5.28. The van der Waals surface area contributed by atoms with Crippen molar-refractivity contribution in [2.45, 2.75) is 39.8 Å². The molecule has 1 N–H and O–H groups in total. The number of halogens is 3. The second-order valence-electron chi connectivity index (χ2n) is 6.44. The number of anilines is 1. The lowest BCUT2D eigenvalue weighted by atomic mass is 9.93. The Morgan fingerprint density at radius 1 is 1.00 bits per heavy atom. The van der Waals surface area contributed by atoms with Crippen molar-refractivity contribution in [3.05, 3.63) is 27.2 Å². The van der Waals surface area contributed by atoms with Gasteiger partial charge in [0.15, 0.2) is 0 Å². The zero-order valence-electron chi connectivity index (χ0n) is 13.0. The van der Waals surface area contributed by atoms with E-state index in [1.165, 1.54) is 0 Å². The molecule has 118 valence electrons. The largest absolute Gasteiger partial charge is 0.364 e. The van der Waals surface area contributed by atoms with E-state index >= 15 is 0 Å². The summed E-state index contributed by atoms with van der Waals surface area (Å²) in [5.41, 5.74) is 0.983. The minimum absolute atomic E-state index is 0.398. The van der Waals surface area contributed by atoms with Gasteiger partial charge >= 0.3 is 0 Å². The van der Waals surface area contributed by atoms with Crippen LogP contribution in [0.5, 0.6) is 0 Å². The number of nitrogens with zero attached hydrogens (tertiary/aromatic N) is 1. The van der Waals surface area contributed by atoms with Crippen LogP contribution < -0.4 is 10.2 Å². The number of benzene rings is 1. The highest BCUT2D eigenvalue weighted by molar-refractivity contribution is 6.44. The first-order valence-corrected chi connectivity index (χ1v) is 8.59. The minimum Gasteiger partial charge on any atom is -0.364 e. The lowest BCUT2D eigenvalue weighted by Gasteiger charge is -2.45. The van der Waals surface area contributed by atoms with Crippen molar-refractivity contribution in [2.24, 2.45) is 11.8 Å². The highest BCUT2D eigenvalue weighted by Crippen LogP contribution is 2.37. The van der Waals surface area contributed by atoms with E-state index in [1.54, 1.807) is 6.07 Å². The van der Waals surface area contributed by atoms with Crippen LogP contribution in [0.2, 0.25) is 15.1 Å². The van der Waals surface area contributed by atoms with Crippen LogP contribution in [0.3, 0.4) is 0 Å². The van der Waals surface area contributed by atoms with Gasteiger partial charge in [-0.25, -0.2) is 0 Å². The van der Waals surface area contributed by atoms with Crippen molar-refractivity contribution in [3.8, 4) is 0 Å². The van der Waals surface area contributed by atoms with Gasteiger partial charge in [0, 0.05) is 25.2 Å². The molecule has 0 aromatic heterocycles. The Morgan fingerprint density at radius 3 is 2.19 bits per heavy atom. The van der Waals surface area contributed by atoms with Crippen LogP contribution in [0.4, 0.5) is 5.69 Å². The molecule has 21 heavy (non-hydrogen) atoms. The van der Waals surface area contributed by atoms with E-state index in [0.29, 0.717) is 39.0 Å². The molecule has 1 aliphatic rings. The van der Waals surface area contributed by atoms with Gasteiger partial charge in [-0.1, -0.05) is 62.5 Å². The molecule has 2 atom stereocenters. The zero-order chi connectivity index (χ0) is 15.7. The highest BCUT2D eigenvalue weighted by Gasteiger charge is 2.32. The van der Waals surface area contributed by atoms with Gasteiger partial charge in [0.25, 0.3) is 0 Å². The smallest absolute Gasteiger partial charge is 0.0655 e. The van der Waals surface area contributed by atoms with E-state index in [4.69, 9.17) is 34.8 Å². The third-order valence-electron chi connectivity index (χ3n) is 4.26. The number of nitrogens with one attached hydrogen (secondary N) is 1. The molecule has 0 amide bonds. The molecule has 2 nitrogen and oxygen atoms in total. The van der Waals surface area contributed by atoms with Crippen LogP contribution >= 0.6 is 34.8 Å². The molecule has 1 aromatic carbocycles. The first kappa shape index (κ1) is 17.2. The molecule has 0 saturated carbocycles. The van der Waals surface area contributed by atoms with Gasteiger partial charge in [-0.05, 0) is 24.0 Å². The van der Waals surface area contributed by atoms with E-state index in [9.17, 15) is 0 Å². The summed E-state index contributed by atoms with van der Waals surface area (Å²) in [7, 11) is 0. The Morgan fingerprint density at radius 2 is 1.62 bits per heavy atom. The molecule has 0 spiro atoms. The highest BCUT2D eigenvalue weighted by atomic mass is 35.5. The lowest BCUT2D eigenvalue weighted by Crippen LogP contribution is -2.60. The monoisotopic (exact) mass is 348 g/mol. The SMILES string of the molecule is CC(C)C1CN(c2cc(Cl)c(Cl)cc2Cl)C(C(C)C)CN1. The Labute approximate surface area is 142 Å². The third kappa shape index (κ3) is 3.79. The Kier molecular flexibility index (Phi) is 5.70. The van der Waals surface area contributed by atoms with Gasteiger partial charge in [0.05, 0.1) is 20.8 Å². The summed E-state index contributed by atoms with van der Waals surface area (Å²) in [6.45, 7) is 10.8. The molecule has 0 bridgehead atoms. The average Bonchev–Trinajstić information content (AvgIpc) is 2.42. The zero-order valence-corrected chi connectivity index (χ0v) is 15.2. The molecule has 1 aliphatic heterocycles. The second-order valence-corrected chi connectivity index (χ2v) is 7.66. The average molecular weight is 350 g/mol. The van der Waals surface area contributed by atoms with E-state index < -0.39 is 0 Å². The topological polar surface area (TPSA) is 15.3 Å². The van der Waals surface area contributed by atoms with Gasteiger partial charge in [0.2, 0.25) is 0 Å². The fourth-order valence-corrected chi connectivity index (χ4v) is 3.50. The van der Waals surface area contributed by atoms with Crippen molar-refractivity contribution >= 4 is 40.5 Å². The Balaban J connectivity index is 2.38. The summed E-state index contributed by atoms with van der Waals surface area (Å²) in [5.74, 6) is 1.10. The number of piperazine rings is 1. The van der Waals surface area contributed by atoms with Crippen LogP contribution in [-0.2, 0) is 0 Å². The van der Waals surface area contributed by atoms with Gasteiger partial charge in [-0.3, -0.25) is 0 Å². The van der Waals surface area contributed by atoms with Crippen molar-refractivity contribution in [1.82, 2.24) is 5.32 Å². The molecule has 1 saturated heterocycles. The molecule has 2 rings (SSSR count). The van der Waals surface area contributed by atoms with Crippen LogP contribution in [0.1, 0.15) is 27.7 Å². The molecule has 0 radical (unpaired) electrons. The van der Waals surface area contributed by atoms with E-state index in [0.717, 1.165) is 18.8 Å². The maximum absolute atomic E-state index is 6.43. The van der Waals surface area contributed by atoms with Crippen LogP contribution in [0, 0.1) is 11.8 Å². The molecular formula is C16H23Cl3N2. The van der Waals surface area contributed by atoms with Crippen LogP contribution in [0.25, 0.3) is 0 Å². The lowest BCUT2D eigenvalue weighted by molar-refractivity contribution is 0.295. The van der Waals surface area contributed by atoms with Gasteiger partial charge in [-0.15, -0.1) is 0 Å². The molecule has 1 fully saturated rings. The summed E-state index contributed by atoms with van der Waals surface area (Å²) >= 11 is 18.7. The summed E-state index contributed by atoms with van der Waals surface area (Å²) in [4.78, 5) is 2.39. The fraction of sp³-hybridized carbons (Fsp3) is 0.625. The number of hydrogen-bond acceptors (Lipinski definition) is 2. The molecule has 1 heterocycles. The van der Waals surface area contributed by atoms with Crippen molar-refractivity contribution in [1.29, 1.82) is 0 Å². The molecule has 5 heteroatoms. The van der Waals surface area contributed by atoms with E-state index in [1.807, 2.05) is 6.07 Å². The molecular weight excluding hydrogens is 327 g/mol. The summed E-state index contributed by atoms with van der Waals surface area (Å²) < 4.78 is 0. The Hall–Kier alpha value is -0.150. The standard InChI is InChI=1S/C16H23Cl3N2/c1-9(2)14-8-21(16(7-20-14)10(3)4)15-6-12(18)11(17)5-13(15)19/h5-6,9-10,14,16,20H,7-8H2,1-4H3. The maximum atomic E-state index is 6.43. The summed E-state index contributed by atoms with van der Waals surface area (Å²) in [6, 6.07) is 4.48. The Bertz CT molecular complexity index is 503. The molecule has 0 aliphatic carbocycles. The van der Waals surface area contributed by atoms with Gasteiger partial charge < -0.3 is 10.2 Å². The molecule has 2 unspecified atom stereocenters. The number of rotatable bonds is 3. The van der Waals surface area contributed by atoms with E-state index in [2.05, 4.69) is 37.9 Å². The summed E-state index contributed by atoms with van der Waals surface area (Å²) in [6.07, 6.45) is 0. The minimum atomic E-state index is 0.398. The van der Waals surface area contributed by atoms with Crippen LogP contribution in [0.15, 0.2) is 12.1 Å². The second kappa shape index (κ2) is 6.95. The van der Waals surface area contributed by atoms with Gasteiger partial charge in [0.1, 0.15) is 0 Å². The predicted octanol–water partition coefficient (Wildman–Crippen LogP) is 5.11. The molecule has 1 aromatic rings. The first-order valence-electron chi connectivity index (χ1n) is 7.45. The first-order chi connectivity index (χ1) is 9.81. The fourth-order valence-electron chi connectivity index (χ4n) is 2.85.